The second-order valence-electron chi connectivity index (χ2n) is 8.91. The molecule has 166 valence electrons. The number of nitrogens with zero attached hydrogens (tertiary/aromatic N) is 2. The normalized spacial score (nSPS) is 19.8. The average molecular weight is 434 g/mol. The first-order valence-corrected chi connectivity index (χ1v) is 11.3. The van der Waals surface area contributed by atoms with Crippen molar-refractivity contribution in [2.45, 2.75) is 51.0 Å². The van der Waals surface area contributed by atoms with Crippen molar-refractivity contribution in [1.29, 1.82) is 0 Å². The van der Waals surface area contributed by atoms with Gasteiger partial charge in [-0.15, -0.1) is 0 Å². The van der Waals surface area contributed by atoms with Crippen LogP contribution in [-0.2, 0) is 0 Å². The Hall–Kier alpha value is -3.15. The second kappa shape index (κ2) is 8.77. The molecule has 1 aliphatic carbocycles. The van der Waals surface area contributed by atoms with Crippen LogP contribution in [0.2, 0.25) is 0 Å². The van der Waals surface area contributed by atoms with Crippen molar-refractivity contribution in [2.24, 2.45) is 5.92 Å². The molecule has 2 aromatic carbocycles. The van der Waals surface area contributed by atoms with E-state index in [1.165, 1.54) is 24.5 Å². The molecule has 0 bridgehead atoms. The van der Waals surface area contributed by atoms with Gasteiger partial charge in [-0.25, -0.2) is 4.39 Å². The van der Waals surface area contributed by atoms with E-state index >= 15 is 0 Å². The Morgan fingerprint density at radius 2 is 1.91 bits per heavy atom. The summed E-state index contributed by atoms with van der Waals surface area (Å²) >= 11 is 0. The van der Waals surface area contributed by atoms with E-state index in [-0.39, 0.29) is 11.9 Å². The number of fused-ring (bicyclic) bond motifs is 2. The van der Waals surface area contributed by atoms with Gasteiger partial charge < -0.3 is 14.5 Å². The molecule has 0 radical (unpaired) electrons. The predicted octanol–water partition coefficient (Wildman–Crippen LogP) is 6.69. The summed E-state index contributed by atoms with van der Waals surface area (Å²) in [5, 5.41) is 4.38. The highest BCUT2D eigenvalue weighted by Gasteiger charge is 2.25. The molecule has 1 N–H and O–H groups in total. The fourth-order valence-corrected chi connectivity index (χ4v) is 5.07. The van der Waals surface area contributed by atoms with E-state index in [2.05, 4.69) is 28.3 Å². The summed E-state index contributed by atoms with van der Waals surface area (Å²) in [5.41, 5.74) is 3.66. The van der Waals surface area contributed by atoms with Gasteiger partial charge in [-0.2, -0.15) is 4.98 Å². The highest BCUT2D eigenvalue weighted by Crippen LogP contribution is 2.40. The van der Waals surface area contributed by atoms with E-state index in [0.717, 1.165) is 47.0 Å². The first kappa shape index (κ1) is 20.7. The Morgan fingerprint density at radius 1 is 1.09 bits per heavy atom. The Balaban J connectivity index is 1.19. The first-order valence-electron chi connectivity index (χ1n) is 11.3. The second-order valence-corrected chi connectivity index (χ2v) is 8.91. The summed E-state index contributed by atoms with van der Waals surface area (Å²) in [5.74, 6) is 1.68. The summed E-state index contributed by atoms with van der Waals surface area (Å²) in [6.45, 7) is 2.18. The van der Waals surface area contributed by atoms with Crippen LogP contribution < -0.4 is 10.1 Å². The minimum atomic E-state index is -0.196. The number of nitrogens with one attached hydrogen (secondary N) is 1. The first-order chi connectivity index (χ1) is 15.6. The molecule has 0 spiro atoms. The third-order valence-electron chi connectivity index (χ3n) is 6.68. The van der Waals surface area contributed by atoms with Crippen molar-refractivity contribution in [3.63, 3.8) is 0 Å². The van der Waals surface area contributed by atoms with Crippen LogP contribution in [0.3, 0.4) is 0 Å². The van der Waals surface area contributed by atoms with E-state index in [1.54, 1.807) is 19.2 Å². The summed E-state index contributed by atoms with van der Waals surface area (Å²) in [6, 6.07) is 13.4. The van der Waals surface area contributed by atoms with Crippen molar-refractivity contribution in [3.8, 4) is 5.75 Å². The van der Waals surface area contributed by atoms with Crippen molar-refractivity contribution < 1.29 is 13.5 Å². The van der Waals surface area contributed by atoms with Gasteiger partial charge in [0.1, 0.15) is 17.1 Å². The Morgan fingerprint density at radius 3 is 2.72 bits per heavy atom. The van der Waals surface area contributed by atoms with Gasteiger partial charge in [-0.05, 0) is 92.8 Å². The van der Waals surface area contributed by atoms with Crippen LogP contribution in [0.25, 0.3) is 22.0 Å². The smallest absolute Gasteiger partial charge is 0.295 e. The number of rotatable bonds is 6. The van der Waals surface area contributed by atoms with Gasteiger partial charge in [-0.1, -0.05) is 0 Å². The summed E-state index contributed by atoms with van der Waals surface area (Å²) < 4.78 is 24.9. The van der Waals surface area contributed by atoms with E-state index in [4.69, 9.17) is 9.15 Å². The number of hydrogen-bond donors (Lipinski definition) is 1. The largest absolute Gasteiger partial charge is 0.497 e. The third-order valence-corrected chi connectivity index (χ3v) is 6.68. The van der Waals surface area contributed by atoms with Gasteiger partial charge in [-0.3, -0.25) is 4.98 Å². The van der Waals surface area contributed by atoms with Gasteiger partial charge in [0, 0.05) is 23.7 Å². The molecule has 1 saturated carbocycles. The molecular weight excluding hydrogens is 405 g/mol. The lowest BCUT2D eigenvalue weighted by molar-refractivity contribution is 0.301. The van der Waals surface area contributed by atoms with Crippen LogP contribution >= 0.6 is 0 Å². The Bertz CT molecular complexity index is 1230. The maximum atomic E-state index is 13.8. The SMILES string of the molecule is COc1ccc2nc(NC(C)C[C@H]3CC[C@@H](c4ccnc5ccc(F)cc54)CC3)oc2c1. The molecule has 1 unspecified atom stereocenters. The molecule has 32 heavy (non-hydrogen) atoms. The molecule has 5 nitrogen and oxygen atoms in total. The monoisotopic (exact) mass is 433 g/mol. The topological polar surface area (TPSA) is 60.2 Å². The van der Waals surface area contributed by atoms with Crippen molar-refractivity contribution in [2.75, 3.05) is 12.4 Å². The lowest BCUT2D eigenvalue weighted by Gasteiger charge is -2.31. The zero-order valence-electron chi connectivity index (χ0n) is 18.5. The minimum Gasteiger partial charge on any atom is -0.497 e. The van der Waals surface area contributed by atoms with Gasteiger partial charge in [0.25, 0.3) is 6.01 Å². The average Bonchev–Trinajstić information content (AvgIpc) is 3.20. The van der Waals surface area contributed by atoms with E-state index in [1.807, 2.05) is 24.4 Å². The summed E-state index contributed by atoms with van der Waals surface area (Å²) in [6.07, 6.45) is 7.50. The van der Waals surface area contributed by atoms with Crippen LogP contribution in [0.15, 0.2) is 53.1 Å². The number of anilines is 1. The molecule has 5 rings (SSSR count). The highest BCUT2D eigenvalue weighted by molar-refractivity contribution is 5.82. The number of ether oxygens (including phenoxy) is 1. The molecule has 0 amide bonds. The number of methoxy groups -OCH3 is 1. The fourth-order valence-electron chi connectivity index (χ4n) is 5.07. The minimum absolute atomic E-state index is 0.196. The maximum Gasteiger partial charge on any atom is 0.295 e. The summed E-state index contributed by atoms with van der Waals surface area (Å²) in [4.78, 5) is 8.94. The summed E-state index contributed by atoms with van der Waals surface area (Å²) in [7, 11) is 1.64. The number of pyridine rings is 1. The molecule has 1 fully saturated rings. The fraction of sp³-hybridized carbons (Fsp3) is 0.385. The van der Waals surface area contributed by atoms with E-state index < -0.39 is 0 Å². The van der Waals surface area contributed by atoms with Gasteiger partial charge in [0.05, 0.1) is 12.6 Å². The highest BCUT2D eigenvalue weighted by atomic mass is 19.1. The van der Waals surface area contributed by atoms with Gasteiger partial charge in [0.15, 0.2) is 5.58 Å². The number of benzene rings is 2. The Kier molecular flexibility index (Phi) is 5.68. The van der Waals surface area contributed by atoms with E-state index in [9.17, 15) is 4.39 Å². The zero-order chi connectivity index (χ0) is 22.1. The molecule has 6 heteroatoms. The lowest BCUT2D eigenvalue weighted by Crippen LogP contribution is -2.23. The third kappa shape index (κ3) is 4.27. The lowest BCUT2D eigenvalue weighted by atomic mass is 9.76. The number of halogens is 1. The van der Waals surface area contributed by atoms with Crippen molar-refractivity contribution >= 4 is 28.0 Å². The molecule has 2 aromatic heterocycles. The molecule has 0 saturated heterocycles. The molecule has 1 aliphatic rings. The molecule has 1 atom stereocenters. The predicted molar refractivity (Wildman–Crippen MR) is 125 cm³/mol. The van der Waals surface area contributed by atoms with Crippen LogP contribution in [0.1, 0.15) is 50.5 Å². The van der Waals surface area contributed by atoms with E-state index in [0.29, 0.717) is 17.9 Å². The van der Waals surface area contributed by atoms with Crippen LogP contribution in [-0.4, -0.2) is 23.1 Å². The van der Waals surface area contributed by atoms with Crippen molar-refractivity contribution in [1.82, 2.24) is 9.97 Å². The van der Waals surface area contributed by atoms with Crippen LogP contribution in [0, 0.1) is 11.7 Å². The molecule has 2 heterocycles. The zero-order valence-corrected chi connectivity index (χ0v) is 18.5. The standard InChI is InChI=1S/C26H28FN3O2/c1-16(29-26-30-24-10-8-20(31-2)15-25(24)32-26)13-17-3-5-18(6-4-17)21-11-12-28-23-9-7-19(27)14-22(21)23/h7-12,14-18H,3-6,13H2,1-2H3,(H,29,30)/t16?,17-,18+. The van der Waals surface area contributed by atoms with Crippen LogP contribution in [0.4, 0.5) is 10.4 Å². The molecule has 4 aromatic rings. The maximum absolute atomic E-state index is 13.8. The number of hydrogen-bond acceptors (Lipinski definition) is 5. The van der Waals surface area contributed by atoms with Crippen LogP contribution in [0.5, 0.6) is 5.75 Å². The number of oxazole rings is 1. The number of aromatic nitrogens is 2. The van der Waals surface area contributed by atoms with Gasteiger partial charge in [0.2, 0.25) is 0 Å². The van der Waals surface area contributed by atoms with Crippen molar-refractivity contribution in [3.05, 3.63) is 60.0 Å². The molecule has 0 aliphatic heterocycles. The Labute approximate surface area is 187 Å². The quantitative estimate of drug-likeness (QED) is 0.367. The molecular formula is C26H28FN3O2. The van der Waals surface area contributed by atoms with Gasteiger partial charge >= 0.3 is 0 Å².